The number of carbonyl (C=O) groups is 2. The number of halogens is 1. The van der Waals surface area contributed by atoms with Crippen molar-refractivity contribution < 1.29 is 18.7 Å². The number of hydrogen-bond donors (Lipinski definition) is 2. The van der Waals surface area contributed by atoms with E-state index in [0.717, 1.165) is 11.3 Å². The van der Waals surface area contributed by atoms with Crippen molar-refractivity contribution in [3.05, 3.63) is 40.1 Å². The zero-order chi connectivity index (χ0) is 15.9. The van der Waals surface area contributed by atoms with Gasteiger partial charge in [0.25, 0.3) is 5.91 Å². The number of aromatic nitrogens is 2. The molecule has 2 amide bonds. The first kappa shape index (κ1) is 16.0. The molecule has 0 saturated heterocycles. The lowest BCUT2D eigenvalue weighted by Gasteiger charge is -2.02. The van der Waals surface area contributed by atoms with E-state index in [0.29, 0.717) is 10.7 Å². The molecule has 0 bridgehead atoms. The summed E-state index contributed by atoms with van der Waals surface area (Å²) in [5, 5.41) is 13.2. The van der Waals surface area contributed by atoms with Gasteiger partial charge in [0, 0.05) is 12.8 Å². The Bertz CT molecular complexity index is 677. The van der Waals surface area contributed by atoms with Gasteiger partial charge in [-0.2, -0.15) is 0 Å². The second kappa shape index (κ2) is 7.57. The first-order chi connectivity index (χ1) is 10.6. The standard InChI is InChI=1S/C13H13FN4O3S/c1-21-7-10(19)15-6-11-17-18-13(22-11)12(20)16-9-4-2-3-8(14)5-9/h2-5H,6-7H2,1H3,(H,15,19)(H,16,20). The summed E-state index contributed by atoms with van der Waals surface area (Å²) in [6, 6.07) is 5.53. The molecule has 0 fully saturated rings. The number of anilines is 1. The molecule has 1 aromatic heterocycles. The van der Waals surface area contributed by atoms with Crippen molar-refractivity contribution in [2.75, 3.05) is 19.0 Å². The number of amides is 2. The second-order valence-corrected chi connectivity index (χ2v) is 5.24. The predicted octanol–water partition coefficient (Wildman–Crippen LogP) is 1.19. The van der Waals surface area contributed by atoms with Crippen molar-refractivity contribution in [2.45, 2.75) is 6.54 Å². The summed E-state index contributed by atoms with van der Waals surface area (Å²) >= 11 is 1.04. The molecular formula is C13H13FN4O3S. The van der Waals surface area contributed by atoms with E-state index in [4.69, 9.17) is 0 Å². The number of methoxy groups -OCH3 is 1. The van der Waals surface area contributed by atoms with Crippen molar-refractivity contribution >= 4 is 28.8 Å². The van der Waals surface area contributed by atoms with Gasteiger partial charge in [0.1, 0.15) is 17.4 Å². The Morgan fingerprint density at radius 2 is 2.18 bits per heavy atom. The number of ether oxygens (including phenoxy) is 1. The van der Waals surface area contributed by atoms with Gasteiger partial charge >= 0.3 is 0 Å². The van der Waals surface area contributed by atoms with Gasteiger partial charge < -0.3 is 15.4 Å². The van der Waals surface area contributed by atoms with Crippen molar-refractivity contribution in [1.29, 1.82) is 0 Å². The number of benzene rings is 1. The maximum atomic E-state index is 13.0. The molecule has 0 unspecified atom stereocenters. The number of nitrogens with one attached hydrogen (secondary N) is 2. The smallest absolute Gasteiger partial charge is 0.286 e. The molecular weight excluding hydrogens is 311 g/mol. The molecule has 2 N–H and O–H groups in total. The summed E-state index contributed by atoms with van der Waals surface area (Å²) in [6.45, 7) is 0.110. The Morgan fingerprint density at radius 1 is 1.36 bits per heavy atom. The van der Waals surface area contributed by atoms with Crippen LogP contribution in [0.25, 0.3) is 0 Å². The first-order valence-corrected chi connectivity index (χ1v) is 7.05. The largest absolute Gasteiger partial charge is 0.375 e. The third-order valence-corrected chi connectivity index (χ3v) is 3.38. The van der Waals surface area contributed by atoms with Crippen LogP contribution >= 0.6 is 11.3 Å². The summed E-state index contributed by atoms with van der Waals surface area (Å²) in [5.74, 6) is -1.22. The van der Waals surface area contributed by atoms with Crippen LogP contribution in [0.3, 0.4) is 0 Å². The molecule has 0 aliphatic heterocycles. The molecule has 0 atom stereocenters. The highest BCUT2D eigenvalue weighted by Gasteiger charge is 2.13. The van der Waals surface area contributed by atoms with Crippen molar-refractivity contribution in [1.82, 2.24) is 15.5 Å². The number of nitrogens with zero attached hydrogens (tertiary/aromatic N) is 2. The molecule has 7 nitrogen and oxygen atoms in total. The summed E-state index contributed by atoms with van der Waals surface area (Å²) in [7, 11) is 1.42. The quantitative estimate of drug-likeness (QED) is 0.832. The average Bonchev–Trinajstić information content (AvgIpc) is 2.94. The molecule has 22 heavy (non-hydrogen) atoms. The van der Waals surface area contributed by atoms with Crippen LogP contribution < -0.4 is 10.6 Å². The van der Waals surface area contributed by atoms with Crippen LogP contribution in [0.1, 0.15) is 14.8 Å². The summed E-state index contributed by atoms with van der Waals surface area (Å²) in [5.41, 5.74) is 0.329. The van der Waals surface area contributed by atoms with Gasteiger partial charge in [0.05, 0.1) is 6.54 Å². The van der Waals surface area contributed by atoms with Crippen LogP contribution in [-0.4, -0.2) is 35.7 Å². The zero-order valence-corrected chi connectivity index (χ0v) is 12.4. The van der Waals surface area contributed by atoms with Gasteiger partial charge in [0.15, 0.2) is 0 Å². The van der Waals surface area contributed by atoms with Gasteiger partial charge in [0.2, 0.25) is 10.9 Å². The maximum Gasteiger partial charge on any atom is 0.286 e. The van der Waals surface area contributed by atoms with Gasteiger partial charge in [-0.05, 0) is 18.2 Å². The monoisotopic (exact) mass is 324 g/mol. The number of carbonyl (C=O) groups excluding carboxylic acids is 2. The summed E-state index contributed by atoms with van der Waals surface area (Å²) in [4.78, 5) is 23.2. The first-order valence-electron chi connectivity index (χ1n) is 6.23. The third kappa shape index (κ3) is 4.57. The average molecular weight is 324 g/mol. The maximum absolute atomic E-state index is 13.0. The van der Waals surface area contributed by atoms with E-state index >= 15 is 0 Å². The van der Waals surface area contributed by atoms with Crippen LogP contribution in [0.5, 0.6) is 0 Å². The lowest BCUT2D eigenvalue weighted by molar-refractivity contribution is -0.124. The topological polar surface area (TPSA) is 93.2 Å². The Labute approximate surface area is 129 Å². The minimum Gasteiger partial charge on any atom is -0.375 e. The van der Waals surface area contributed by atoms with Gasteiger partial charge in [-0.1, -0.05) is 17.4 Å². The van der Waals surface area contributed by atoms with E-state index in [2.05, 4.69) is 25.6 Å². The predicted molar refractivity (Wildman–Crippen MR) is 78.0 cm³/mol. The zero-order valence-electron chi connectivity index (χ0n) is 11.6. The van der Waals surface area contributed by atoms with Crippen LogP contribution in [0.4, 0.5) is 10.1 Å². The fourth-order valence-electron chi connectivity index (χ4n) is 1.52. The lowest BCUT2D eigenvalue weighted by atomic mass is 10.3. The molecule has 9 heteroatoms. The summed E-state index contributed by atoms with van der Waals surface area (Å²) < 4.78 is 17.7. The van der Waals surface area contributed by atoms with E-state index < -0.39 is 11.7 Å². The molecule has 0 aliphatic carbocycles. The lowest BCUT2D eigenvalue weighted by Crippen LogP contribution is -2.26. The van der Waals surface area contributed by atoms with Crippen LogP contribution in [-0.2, 0) is 16.1 Å². The van der Waals surface area contributed by atoms with E-state index in [1.807, 2.05) is 0 Å². The Balaban J connectivity index is 1.93. The highest BCUT2D eigenvalue weighted by Crippen LogP contribution is 2.14. The molecule has 0 aliphatic rings. The van der Waals surface area contributed by atoms with Crippen LogP contribution in [0.15, 0.2) is 24.3 Å². The van der Waals surface area contributed by atoms with Crippen molar-refractivity contribution in [2.24, 2.45) is 0 Å². The normalized spacial score (nSPS) is 10.3. The Kier molecular flexibility index (Phi) is 5.50. The number of rotatable bonds is 6. The van der Waals surface area contributed by atoms with E-state index in [-0.39, 0.29) is 24.1 Å². The Morgan fingerprint density at radius 3 is 2.91 bits per heavy atom. The third-order valence-electron chi connectivity index (χ3n) is 2.46. The molecule has 2 aromatic rings. The van der Waals surface area contributed by atoms with Gasteiger partial charge in [-0.3, -0.25) is 9.59 Å². The molecule has 0 spiro atoms. The SMILES string of the molecule is COCC(=O)NCc1nnc(C(=O)Nc2cccc(F)c2)s1. The highest BCUT2D eigenvalue weighted by atomic mass is 32.1. The second-order valence-electron chi connectivity index (χ2n) is 4.18. The molecule has 0 radical (unpaired) electrons. The van der Waals surface area contributed by atoms with Crippen molar-refractivity contribution in [3.63, 3.8) is 0 Å². The van der Waals surface area contributed by atoms with Gasteiger partial charge in [-0.25, -0.2) is 4.39 Å². The fourth-order valence-corrected chi connectivity index (χ4v) is 2.20. The minimum absolute atomic E-state index is 0.0499. The molecule has 0 saturated carbocycles. The highest BCUT2D eigenvalue weighted by molar-refractivity contribution is 7.13. The van der Waals surface area contributed by atoms with Crippen LogP contribution in [0, 0.1) is 5.82 Å². The molecule has 1 heterocycles. The minimum atomic E-state index is -0.488. The van der Waals surface area contributed by atoms with Gasteiger partial charge in [-0.15, -0.1) is 10.2 Å². The molecule has 2 rings (SSSR count). The fraction of sp³-hybridized carbons (Fsp3) is 0.231. The molecule has 116 valence electrons. The van der Waals surface area contributed by atoms with E-state index in [1.54, 1.807) is 6.07 Å². The Hall–Kier alpha value is -2.39. The van der Waals surface area contributed by atoms with E-state index in [1.165, 1.54) is 25.3 Å². The summed E-state index contributed by atoms with van der Waals surface area (Å²) in [6.07, 6.45) is 0. The van der Waals surface area contributed by atoms with E-state index in [9.17, 15) is 14.0 Å². The van der Waals surface area contributed by atoms with Crippen molar-refractivity contribution in [3.8, 4) is 0 Å². The number of hydrogen-bond acceptors (Lipinski definition) is 6. The molecule has 1 aromatic carbocycles. The van der Waals surface area contributed by atoms with Crippen LogP contribution in [0.2, 0.25) is 0 Å².